The molecular weight excluding hydrogens is 402 g/mol. The average molecular weight is 430 g/mol. The van der Waals surface area contributed by atoms with Gasteiger partial charge in [-0.1, -0.05) is 0 Å². The maximum Gasteiger partial charge on any atom is 0.410 e. The molecule has 162 valence electrons. The molecule has 0 spiro atoms. The first-order chi connectivity index (χ1) is 14.0. The van der Waals surface area contributed by atoms with Gasteiger partial charge >= 0.3 is 6.09 Å². The number of hydrogen-bond donors (Lipinski definition) is 2. The van der Waals surface area contributed by atoms with Crippen LogP contribution in [0.4, 0.5) is 4.79 Å². The normalized spacial score (nSPS) is 35.8. The van der Waals surface area contributed by atoms with E-state index >= 15 is 0 Å². The van der Waals surface area contributed by atoms with E-state index < -0.39 is 18.0 Å². The molecule has 3 fully saturated rings. The number of hydrogen-bond acceptors (Lipinski definition) is 7. The van der Waals surface area contributed by atoms with E-state index in [1.807, 2.05) is 11.8 Å². The fourth-order valence-electron chi connectivity index (χ4n) is 4.82. The fraction of sp³-hybridized carbons (Fsp3) is 0.789. The number of alkyl halides is 1. The third-order valence-electron chi connectivity index (χ3n) is 6.47. The Bertz CT molecular complexity index is 683. The Morgan fingerprint density at radius 1 is 1.38 bits per heavy atom. The van der Waals surface area contributed by atoms with Crippen LogP contribution in [0.15, 0.2) is 11.8 Å². The van der Waals surface area contributed by atoms with Crippen molar-refractivity contribution in [2.75, 3.05) is 51.8 Å². The standard InChI is InChI=1S/C19H28ClN3O6/c1-19-14(29-19)10-12-13(16(25)23-6-4-22(5-7-23)8-9-24)11-27-17(15(12)19)28-18(26)21-3-2-20/h11-12,14-15,17,24H,2-10H2,1H3,(H,21,26). The number of amides is 2. The molecule has 5 atom stereocenters. The van der Waals surface area contributed by atoms with Gasteiger partial charge in [-0.05, 0) is 13.3 Å². The van der Waals surface area contributed by atoms with Crippen LogP contribution in [-0.4, -0.2) is 96.7 Å². The van der Waals surface area contributed by atoms with E-state index in [1.54, 1.807) is 0 Å². The molecule has 0 aromatic heterocycles. The number of rotatable bonds is 6. The van der Waals surface area contributed by atoms with Crippen LogP contribution in [0.1, 0.15) is 13.3 Å². The van der Waals surface area contributed by atoms with Gasteiger partial charge in [0.25, 0.3) is 12.2 Å². The first-order valence-corrected chi connectivity index (χ1v) is 10.7. The molecule has 5 unspecified atom stereocenters. The lowest BCUT2D eigenvalue weighted by Crippen LogP contribution is -2.51. The van der Waals surface area contributed by atoms with Crippen molar-refractivity contribution in [2.24, 2.45) is 11.8 Å². The maximum atomic E-state index is 13.2. The van der Waals surface area contributed by atoms with E-state index in [0.29, 0.717) is 37.6 Å². The van der Waals surface area contributed by atoms with Crippen LogP contribution in [0.2, 0.25) is 0 Å². The molecule has 0 aromatic carbocycles. The van der Waals surface area contributed by atoms with Gasteiger partial charge in [-0.15, -0.1) is 11.6 Å². The summed E-state index contributed by atoms with van der Waals surface area (Å²) < 4.78 is 17.0. The highest BCUT2D eigenvalue weighted by Gasteiger charge is 2.71. The molecule has 2 saturated heterocycles. The van der Waals surface area contributed by atoms with Crippen LogP contribution in [0.25, 0.3) is 0 Å². The SMILES string of the molecule is CC12OC1CC1C(C(=O)N3CCN(CCO)CC3)=COC(OC(=O)NCCCl)C12. The minimum Gasteiger partial charge on any atom is -0.461 e. The Morgan fingerprint density at radius 3 is 2.83 bits per heavy atom. The number of carbonyl (C=O) groups is 2. The smallest absolute Gasteiger partial charge is 0.410 e. The largest absolute Gasteiger partial charge is 0.461 e. The van der Waals surface area contributed by atoms with Gasteiger partial charge in [0.1, 0.15) is 5.60 Å². The van der Waals surface area contributed by atoms with Crippen molar-refractivity contribution >= 4 is 23.6 Å². The number of piperazine rings is 1. The monoisotopic (exact) mass is 429 g/mol. The number of aliphatic hydroxyl groups excluding tert-OH is 1. The highest BCUT2D eigenvalue weighted by Crippen LogP contribution is 2.61. The lowest BCUT2D eigenvalue weighted by molar-refractivity contribution is -0.146. The van der Waals surface area contributed by atoms with E-state index in [0.717, 1.165) is 19.5 Å². The summed E-state index contributed by atoms with van der Waals surface area (Å²) in [6, 6.07) is 0. The molecule has 3 aliphatic heterocycles. The first kappa shape index (κ1) is 20.7. The van der Waals surface area contributed by atoms with Gasteiger partial charge in [0.2, 0.25) is 0 Å². The molecule has 0 radical (unpaired) electrons. The van der Waals surface area contributed by atoms with Gasteiger partial charge in [0, 0.05) is 51.1 Å². The van der Waals surface area contributed by atoms with Gasteiger partial charge < -0.3 is 29.5 Å². The van der Waals surface area contributed by atoms with Crippen molar-refractivity contribution < 1.29 is 28.9 Å². The van der Waals surface area contributed by atoms with E-state index in [2.05, 4.69) is 10.2 Å². The number of alkyl carbamates (subject to hydrolysis) is 1. The summed E-state index contributed by atoms with van der Waals surface area (Å²) in [4.78, 5) is 29.2. The maximum absolute atomic E-state index is 13.2. The lowest BCUT2D eigenvalue weighted by atomic mass is 9.81. The summed E-state index contributed by atoms with van der Waals surface area (Å²) in [6.07, 6.45) is 0.845. The summed E-state index contributed by atoms with van der Waals surface area (Å²) in [5.41, 5.74) is 0.186. The van der Waals surface area contributed by atoms with Crippen molar-refractivity contribution in [2.45, 2.75) is 31.3 Å². The number of β-amino-alcohol motifs (C(OH)–C–C–N with tert-alkyl or cyclic N) is 1. The molecular formula is C19H28ClN3O6. The highest BCUT2D eigenvalue weighted by molar-refractivity contribution is 6.18. The lowest BCUT2D eigenvalue weighted by Gasteiger charge is -2.39. The summed E-state index contributed by atoms with van der Waals surface area (Å²) >= 11 is 5.60. The quantitative estimate of drug-likeness (QED) is 0.456. The number of nitrogens with zero attached hydrogens (tertiary/aromatic N) is 2. The molecule has 1 saturated carbocycles. The molecule has 3 heterocycles. The van der Waals surface area contributed by atoms with E-state index in [9.17, 15) is 9.59 Å². The predicted molar refractivity (Wildman–Crippen MR) is 103 cm³/mol. The van der Waals surface area contributed by atoms with Crippen molar-refractivity contribution in [3.8, 4) is 0 Å². The second-order valence-corrected chi connectivity index (χ2v) is 8.49. The molecule has 0 aromatic rings. The van der Waals surface area contributed by atoms with Crippen LogP contribution in [0.3, 0.4) is 0 Å². The minimum atomic E-state index is -0.800. The Morgan fingerprint density at radius 2 is 2.14 bits per heavy atom. The van der Waals surface area contributed by atoms with Crippen LogP contribution in [0, 0.1) is 11.8 Å². The van der Waals surface area contributed by atoms with Crippen molar-refractivity contribution in [1.29, 1.82) is 0 Å². The number of nitrogens with one attached hydrogen (secondary N) is 1. The number of carbonyl (C=O) groups excluding carboxylic acids is 2. The highest BCUT2D eigenvalue weighted by atomic mass is 35.5. The van der Waals surface area contributed by atoms with Gasteiger partial charge in [-0.3, -0.25) is 9.69 Å². The van der Waals surface area contributed by atoms with E-state index in [-0.39, 0.29) is 30.5 Å². The Kier molecular flexibility index (Phi) is 5.92. The van der Waals surface area contributed by atoms with Crippen molar-refractivity contribution in [1.82, 2.24) is 15.1 Å². The van der Waals surface area contributed by atoms with Crippen molar-refractivity contribution in [3.63, 3.8) is 0 Å². The molecule has 4 aliphatic rings. The number of ether oxygens (including phenoxy) is 3. The summed E-state index contributed by atoms with van der Waals surface area (Å²) in [5, 5.41) is 11.7. The van der Waals surface area contributed by atoms with Gasteiger partial charge in [-0.2, -0.15) is 0 Å². The first-order valence-electron chi connectivity index (χ1n) is 10.1. The molecule has 1 aliphatic carbocycles. The van der Waals surface area contributed by atoms with Gasteiger partial charge in [0.15, 0.2) is 0 Å². The molecule has 2 amide bonds. The number of halogens is 1. The van der Waals surface area contributed by atoms with Crippen molar-refractivity contribution in [3.05, 3.63) is 11.8 Å². The zero-order chi connectivity index (χ0) is 20.6. The zero-order valence-corrected chi connectivity index (χ0v) is 17.3. The van der Waals surface area contributed by atoms with Gasteiger partial charge in [0.05, 0.1) is 30.5 Å². The van der Waals surface area contributed by atoms with Crippen LogP contribution in [0.5, 0.6) is 0 Å². The number of fused-ring (bicyclic) bond motifs is 3. The molecule has 9 nitrogen and oxygen atoms in total. The third-order valence-corrected chi connectivity index (χ3v) is 6.66. The molecule has 0 bridgehead atoms. The molecule has 10 heteroatoms. The molecule has 29 heavy (non-hydrogen) atoms. The van der Waals surface area contributed by atoms with Crippen LogP contribution in [-0.2, 0) is 19.0 Å². The van der Waals surface area contributed by atoms with Crippen LogP contribution >= 0.6 is 11.6 Å². The second kappa shape index (κ2) is 8.29. The second-order valence-electron chi connectivity index (χ2n) is 8.11. The zero-order valence-electron chi connectivity index (χ0n) is 16.5. The third kappa shape index (κ3) is 3.93. The summed E-state index contributed by atoms with van der Waals surface area (Å²) in [6.45, 7) is 5.75. The number of epoxide rings is 1. The summed E-state index contributed by atoms with van der Waals surface area (Å²) in [7, 11) is 0. The topological polar surface area (TPSA) is 104 Å². The molecule has 2 N–H and O–H groups in total. The van der Waals surface area contributed by atoms with Crippen LogP contribution < -0.4 is 5.32 Å². The van der Waals surface area contributed by atoms with Gasteiger partial charge in [-0.25, -0.2) is 4.79 Å². The average Bonchev–Trinajstić information content (AvgIpc) is 3.27. The summed E-state index contributed by atoms with van der Waals surface area (Å²) in [5.74, 6) is -0.0338. The Hall–Kier alpha value is -1.55. The molecule has 4 rings (SSSR count). The minimum absolute atomic E-state index is 0.0291. The predicted octanol–water partition coefficient (Wildman–Crippen LogP) is 0.122. The fourth-order valence-corrected chi connectivity index (χ4v) is 4.92. The van der Waals surface area contributed by atoms with E-state index in [1.165, 1.54) is 6.26 Å². The van der Waals surface area contributed by atoms with E-state index in [4.69, 9.17) is 30.9 Å². The Labute approximate surface area is 174 Å². The Balaban J connectivity index is 1.44. The number of aliphatic hydroxyl groups is 1.